The average Bonchev–Trinajstić information content (AvgIpc) is 3.37. The fourth-order valence-corrected chi connectivity index (χ4v) is 3.01. The highest BCUT2D eigenvalue weighted by molar-refractivity contribution is 5.94. The van der Waals surface area contributed by atoms with E-state index < -0.39 is 0 Å². The highest BCUT2D eigenvalue weighted by atomic mass is 16.5. The molecule has 0 saturated carbocycles. The molecule has 0 bridgehead atoms. The van der Waals surface area contributed by atoms with Crippen LogP contribution in [0.1, 0.15) is 21.5 Å². The molecule has 0 atom stereocenters. The maximum absolute atomic E-state index is 12.5. The summed E-state index contributed by atoms with van der Waals surface area (Å²) in [5.41, 5.74) is 3.30. The number of hydrogen-bond acceptors (Lipinski definition) is 6. The maximum atomic E-state index is 12.5. The molecule has 0 saturated heterocycles. The lowest BCUT2D eigenvalue weighted by atomic mass is 10.1. The van der Waals surface area contributed by atoms with E-state index >= 15 is 0 Å². The van der Waals surface area contributed by atoms with Crippen LogP contribution in [0.2, 0.25) is 0 Å². The van der Waals surface area contributed by atoms with Gasteiger partial charge in [-0.2, -0.15) is 0 Å². The number of methoxy groups -OCH3 is 1. The van der Waals surface area contributed by atoms with Crippen molar-refractivity contribution in [3.8, 4) is 17.2 Å². The van der Waals surface area contributed by atoms with Crippen LogP contribution in [0.4, 0.5) is 0 Å². The second kappa shape index (κ2) is 9.53. The Hall–Kier alpha value is -4.20. The van der Waals surface area contributed by atoms with Gasteiger partial charge < -0.3 is 14.8 Å². The van der Waals surface area contributed by atoms with E-state index in [1.54, 1.807) is 31.4 Å². The van der Waals surface area contributed by atoms with Crippen molar-refractivity contribution in [3.05, 3.63) is 95.8 Å². The smallest absolute Gasteiger partial charge is 0.251 e. The Bertz CT molecular complexity index is 1130. The number of benzene rings is 3. The summed E-state index contributed by atoms with van der Waals surface area (Å²) in [6.07, 6.45) is 1.50. The Morgan fingerprint density at radius 1 is 0.968 bits per heavy atom. The lowest BCUT2D eigenvalue weighted by Gasteiger charge is -2.13. The molecule has 0 aliphatic heterocycles. The number of carbonyl (C=O) groups is 1. The van der Waals surface area contributed by atoms with Crippen LogP contribution in [0, 0.1) is 0 Å². The second-order valence-electron chi connectivity index (χ2n) is 6.74. The van der Waals surface area contributed by atoms with Crippen LogP contribution in [0.15, 0.2) is 79.1 Å². The van der Waals surface area contributed by atoms with E-state index in [1.807, 2.05) is 48.5 Å². The summed E-state index contributed by atoms with van der Waals surface area (Å²) in [4.78, 5) is 12.5. The third-order valence-electron chi connectivity index (χ3n) is 4.66. The van der Waals surface area contributed by atoms with E-state index in [2.05, 4.69) is 20.8 Å². The summed E-state index contributed by atoms with van der Waals surface area (Å²) in [7, 11) is 1.60. The minimum absolute atomic E-state index is 0.174. The predicted octanol–water partition coefficient (Wildman–Crippen LogP) is 3.18. The van der Waals surface area contributed by atoms with E-state index in [9.17, 15) is 4.79 Å². The minimum Gasteiger partial charge on any atom is -0.493 e. The van der Waals surface area contributed by atoms with Crippen molar-refractivity contribution in [2.24, 2.45) is 0 Å². The molecule has 156 valence electrons. The number of ether oxygens (including phenoxy) is 2. The molecular formula is C23H21N5O3. The van der Waals surface area contributed by atoms with Gasteiger partial charge in [-0.1, -0.05) is 36.4 Å². The van der Waals surface area contributed by atoms with E-state index in [1.165, 1.54) is 11.0 Å². The van der Waals surface area contributed by atoms with Gasteiger partial charge in [0.15, 0.2) is 11.5 Å². The molecule has 31 heavy (non-hydrogen) atoms. The van der Waals surface area contributed by atoms with E-state index in [4.69, 9.17) is 9.47 Å². The summed E-state index contributed by atoms with van der Waals surface area (Å²) in [5.74, 6) is 1.10. The standard InChI is InChI=1S/C23H21N5O3/c1-30-22-13-18(7-12-21(22)31-15-17-5-3-2-4-6-17)14-24-23(29)19-8-10-20(11-9-19)28-16-25-26-27-28/h2-13,16H,14-15H2,1H3,(H,24,29). The molecule has 3 aromatic carbocycles. The normalized spacial score (nSPS) is 10.5. The molecule has 0 fully saturated rings. The van der Waals surface area contributed by atoms with Crippen LogP contribution in [0.5, 0.6) is 11.5 Å². The summed E-state index contributed by atoms with van der Waals surface area (Å²) < 4.78 is 12.9. The molecule has 4 aromatic rings. The molecule has 4 rings (SSSR count). The Morgan fingerprint density at radius 2 is 1.77 bits per heavy atom. The maximum Gasteiger partial charge on any atom is 0.251 e. The van der Waals surface area contributed by atoms with E-state index in [0.717, 1.165) is 16.8 Å². The average molecular weight is 415 g/mol. The van der Waals surface area contributed by atoms with Crippen molar-refractivity contribution in [1.82, 2.24) is 25.5 Å². The first-order chi connectivity index (χ1) is 15.2. The Morgan fingerprint density at radius 3 is 2.48 bits per heavy atom. The molecule has 1 amide bonds. The quantitative estimate of drug-likeness (QED) is 0.475. The molecule has 0 aliphatic rings. The number of rotatable bonds is 8. The third-order valence-corrected chi connectivity index (χ3v) is 4.66. The summed E-state index contributed by atoms with van der Waals surface area (Å²) in [6, 6.07) is 22.6. The van der Waals surface area contributed by atoms with Crippen LogP contribution in [0.25, 0.3) is 5.69 Å². The van der Waals surface area contributed by atoms with Gasteiger partial charge in [0, 0.05) is 12.1 Å². The van der Waals surface area contributed by atoms with Crippen LogP contribution < -0.4 is 14.8 Å². The van der Waals surface area contributed by atoms with Gasteiger partial charge in [-0.15, -0.1) is 5.10 Å². The molecule has 0 radical (unpaired) electrons. The number of aromatic nitrogens is 4. The molecule has 1 aromatic heterocycles. The number of nitrogens with zero attached hydrogens (tertiary/aromatic N) is 4. The number of carbonyl (C=O) groups excluding carboxylic acids is 1. The summed E-state index contributed by atoms with van der Waals surface area (Å²) in [6.45, 7) is 0.816. The van der Waals surface area contributed by atoms with Crippen molar-refractivity contribution in [2.45, 2.75) is 13.2 Å². The molecule has 1 heterocycles. The zero-order chi connectivity index (χ0) is 21.5. The largest absolute Gasteiger partial charge is 0.493 e. The second-order valence-corrected chi connectivity index (χ2v) is 6.74. The van der Waals surface area contributed by atoms with Crippen LogP contribution in [-0.4, -0.2) is 33.2 Å². The van der Waals surface area contributed by atoms with Gasteiger partial charge in [-0.3, -0.25) is 4.79 Å². The third kappa shape index (κ3) is 5.05. The van der Waals surface area contributed by atoms with Crippen LogP contribution in [0.3, 0.4) is 0 Å². The molecule has 8 nitrogen and oxygen atoms in total. The Kier molecular flexibility index (Phi) is 6.18. The number of hydrogen-bond donors (Lipinski definition) is 1. The fourth-order valence-electron chi connectivity index (χ4n) is 3.01. The van der Waals surface area contributed by atoms with Gasteiger partial charge in [-0.25, -0.2) is 4.68 Å². The number of tetrazole rings is 1. The van der Waals surface area contributed by atoms with Gasteiger partial charge in [0.1, 0.15) is 12.9 Å². The van der Waals surface area contributed by atoms with Crippen molar-refractivity contribution in [1.29, 1.82) is 0 Å². The van der Waals surface area contributed by atoms with Gasteiger partial charge in [-0.05, 0) is 58.0 Å². The number of amides is 1. The molecule has 0 spiro atoms. The first kappa shape index (κ1) is 20.1. The van der Waals surface area contributed by atoms with Gasteiger partial charge >= 0.3 is 0 Å². The Balaban J connectivity index is 1.36. The molecule has 1 N–H and O–H groups in total. The molecular weight excluding hydrogens is 394 g/mol. The van der Waals surface area contributed by atoms with Crippen molar-refractivity contribution in [3.63, 3.8) is 0 Å². The lowest BCUT2D eigenvalue weighted by molar-refractivity contribution is 0.0951. The van der Waals surface area contributed by atoms with Crippen LogP contribution >= 0.6 is 0 Å². The molecule has 0 unspecified atom stereocenters. The SMILES string of the molecule is COc1cc(CNC(=O)c2ccc(-n3cnnn3)cc2)ccc1OCc1ccccc1. The molecule has 8 heteroatoms. The molecule has 0 aliphatic carbocycles. The van der Waals surface area contributed by atoms with Crippen LogP contribution in [-0.2, 0) is 13.2 Å². The zero-order valence-corrected chi connectivity index (χ0v) is 16.9. The van der Waals surface area contributed by atoms with Gasteiger partial charge in [0.05, 0.1) is 12.8 Å². The van der Waals surface area contributed by atoms with Gasteiger partial charge in [0.25, 0.3) is 5.91 Å². The number of nitrogens with one attached hydrogen (secondary N) is 1. The summed E-state index contributed by atoms with van der Waals surface area (Å²) in [5, 5.41) is 13.9. The highest BCUT2D eigenvalue weighted by Crippen LogP contribution is 2.29. The van der Waals surface area contributed by atoms with E-state index in [-0.39, 0.29) is 5.91 Å². The fraction of sp³-hybridized carbons (Fsp3) is 0.130. The summed E-state index contributed by atoms with van der Waals surface area (Å²) >= 11 is 0. The zero-order valence-electron chi connectivity index (χ0n) is 16.9. The van der Waals surface area contributed by atoms with Crippen molar-refractivity contribution in [2.75, 3.05) is 7.11 Å². The van der Waals surface area contributed by atoms with Crippen molar-refractivity contribution >= 4 is 5.91 Å². The first-order valence-electron chi connectivity index (χ1n) is 9.68. The lowest BCUT2D eigenvalue weighted by Crippen LogP contribution is -2.22. The first-order valence-corrected chi connectivity index (χ1v) is 9.68. The Labute approximate surface area is 179 Å². The van der Waals surface area contributed by atoms with Crippen molar-refractivity contribution < 1.29 is 14.3 Å². The van der Waals surface area contributed by atoms with Gasteiger partial charge in [0.2, 0.25) is 0 Å². The highest BCUT2D eigenvalue weighted by Gasteiger charge is 2.09. The predicted molar refractivity (Wildman–Crippen MR) is 114 cm³/mol. The topological polar surface area (TPSA) is 91.2 Å². The van der Waals surface area contributed by atoms with E-state index in [0.29, 0.717) is 30.2 Å². The monoisotopic (exact) mass is 415 g/mol. The minimum atomic E-state index is -0.174.